The van der Waals surface area contributed by atoms with Crippen LogP contribution in [0.15, 0.2) is 47.4 Å². The van der Waals surface area contributed by atoms with E-state index in [1.807, 2.05) is 6.07 Å². The molecule has 0 amide bonds. The molecule has 1 heterocycles. The summed E-state index contributed by atoms with van der Waals surface area (Å²) in [6.45, 7) is -0.0779. The summed E-state index contributed by atoms with van der Waals surface area (Å²) in [4.78, 5) is 1.98. The molecule has 1 aliphatic carbocycles. The second-order valence-corrected chi connectivity index (χ2v) is 12.2. The summed E-state index contributed by atoms with van der Waals surface area (Å²) in [6, 6.07) is 11.3. The summed E-state index contributed by atoms with van der Waals surface area (Å²) >= 11 is 0. The molecule has 0 radical (unpaired) electrons. The maximum atomic E-state index is 13.6. The van der Waals surface area contributed by atoms with Crippen molar-refractivity contribution < 1.29 is 36.5 Å². The van der Waals surface area contributed by atoms with Crippen LogP contribution in [0.2, 0.25) is 0 Å². The van der Waals surface area contributed by atoms with Crippen LogP contribution in [0, 0.1) is 11.8 Å². The van der Waals surface area contributed by atoms with Crippen LogP contribution in [0.3, 0.4) is 0 Å². The normalized spacial score (nSPS) is 17.4. The molecule has 4 rings (SSSR count). The number of alkyl halides is 3. The summed E-state index contributed by atoms with van der Waals surface area (Å²) in [5, 5.41) is 31.1. The van der Waals surface area contributed by atoms with E-state index in [-0.39, 0.29) is 48.2 Å². The molecule has 0 spiro atoms. The Balaban J connectivity index is 1.53. The third-order valence-electron chi connectivity index (χ3n) is 7.72. The largest absolute Gasteiger partial charge is 0.495 e. The summed E-state index contributed by atoms with van der Waals surface area (Å²) in [6.07, 6.45) is -1.02. The molecule has 0 atom stereocenters. The van der Waals surface area contributed by atoms with E-state index in [1.54, 1.807) is 18.2 Å². The van der Waals surface area contributed by atoms with E-state index in [2.05, 4.69) is 27.4 Å². The van der Waals surface area contributed by atoms with Crippen molar-refractivity contribution in [2.24, 2.45) is 5.14 Å². The molecule has 1 aliphatic rings. The highest BCUT2D eigenvalue weighted by molar-refractivity contribution is 7.89. The fourth-order valence-electron chi connectivity index (χ4n) is 5.67. The highest BCUT2D eigenvalue weighted by Gasteiger charge is 2.30. The van der Waals surface area contributed by atoms with Crippen molar-refractivity contribution in [2.75, 3.05) is 50.6 Å². The van der Waals surface area contributed by atoms with Gasteiger partial charge in [0.05, 0.1) is 48.7 Å². The number of nitrogens with one attached hydrogen (secondary N) is 2. The van der Waals surface area contributed by atoms with Gasteiger partial charge in [-0.15, -0.1) is 0 Å². The summed E-state index contributed by atoms with van der Waals surface area (Å²) in [5.74, 6) is 5.95. The monoisotopic (exact) mass is 637 g/mol. The number of anilines is 2. The molecule has 0 aliphatic heterocycles. The number of fused-ring (bicyclic) bond motifs is 1. The molecular weight excluding hydrogens is 599 g/mol. The van der Waals surface area contributed by atoms with Crippen molar-refractivity contribution in [1.82, 2.24) is 9.47 Å². The summed E-state index contributed by atoms with van der Waals surface area (Å²) in [7, 11) is -2.55. The number of halogens is 3. The lowest BCUT2D eigenvalue weighted by Crippen LogP contribution is -2.43. The van der Waals surface area contributed by atoms with E-state index in [9.17, 15) is 31.8 Å². The van der Waals surface area contributed by atoms with Gasteiger partial charge in [0.1, 0.15) is 12.3 Å². The lowest BCUT2D eigenvalue weighted by atomic mass is 9.89. The molecule has 0 bridgehead atoms. The first-order valence-electron chi connectivity index (χ1n) is 14.3. The number of aliphatic hydroxyl groups is 2. The van der Waals surface area contributed by atoms with Crippen LogP contribution in [-0.4, -0.2) is 86.3 Å². The Hall–Kier alpha value is -3.48. The molecule has 0 unspecified atom stereocenters. The van der Waals surface area contributed by atoms with Gasteiger partial charge in [0.25, 0.3) is 0 Å². The second-order valence-electron chi connectivity index (χ2n) is 10.7. The Kier molecular flexibility index (Phi) is 11.0. The first-order chi connectivity index (χ1) is 20.9. The molecule has 6 N–H and O–H groups in total. The molecule has 1 saturated carbocycles. The van der Waals surface area contributed by atoms with Gasteiger partial charge in [0, 0.05) is 42.3 Å². The minimum atomic E-state index is -4.46. The van der Waals surface area contributed by atoms with Crippen LogP contribution in [0.5, 0.6) is 5.75 Å². The van der Waals surface area contributed by atoms with Crippen molar-refractivity contribution in [2.45, 2.75) is 55.4 Å². The maximum Gasteiger partial charge on any atom is 0.406 e. The molecule has 44 heavy (non-hydrogen) atoms. The van der Waals surface area contributed by atoms with Gasteiger partial charge in [0.15, 0.2) is 0 Å². The van der Waals surface area contributed by atoms with Crippen LogP contribution < -0.4 is 20.5 Å². The van der Waals surface area contributed by atoms with Gasteiger partial charge in [-0.05, 0) is 61.9 Å². The van der Waals surface area contributed by atoms with Crippen LogP contribution in [-0.2, 0) is 16.6 Å². The van der Waals surface area contributed by atoms with E-state index in [4.69, 9.17) is 9.88 Å². The number of sulfonamides is 1. The minimum Gasteiger partial charge on any atom is -0.495 e. The van der Waals surface area contributed by atoms with E-state index in [0.717, 1.165) is 35.9 Å². The smallest absolute Gasteiger partial charge is 0.406 e. The Labute approximate surface area is 255 Å². The van der Waals surface area contributed by atoms with Gasteiger partial charge >= 0.3 is 6.18 Å². The number of aliphatic hydroxyl groups excluding tert-OH is 2. The molecule has 3 aromatic rings. The Morgan fingerprint density at radius 2 is 1.77 bits per heavy atom. The zero-order chi connectivity index (χ0) is 31.9. The molecule has 14 heteroatoms. The highest BCUT2D eigenvalue weighted by atomic mass is 32.2. The van der Waals surface area contributed by atoms with Gasteiger partial charge in [-0.2, -0.15) is 13.2 Å². The topological polar surface area (TPSA) is 142 Å². The Bertz CT molecular complexity index is 1590. The van der Waals surface area contributed by atoms with Crippen molar-refractivity contribution in [1.29, 1.82) is 0 Å². The third kappa shape index (κ3) is 8.58. The van der Waals surface area contributed by atoms with Crippen molar-refractivity contribution in [3.8, 4) is 17.6 Å². The number of ether oxygens (including phenoxy) is 1. The predicted octanol–water partition coefficient (Wildman–Crippen LogP) is 3.33. The Morgan fingerprint density at radius 1 is 1.07 bits per heavy atom. The second kappa shape index (κ2) is 14.5. The minimum absolute atomic E-state index is 0.0267. The third-order valence-corrected chi connectivity index (χ3v) is 8.63. The molecule has 1 fully saturated rings. The maximum absolute atomic E-state index is 13.6. The quantitative estimate of drug-likeness (QED) is 0.191. The number of rotatable bonds is 12. The van der Waals surface area contributed by atoms with E-state index < -0.39 is 22.7 Å². The van der Waals surface area contributed by atoms with Crippen LogP contribution in [0.1, 0.15) is 31.4 Å². The van der Waals surface area contributed by atoms with E-state index in [0.29, 0.717) is 29.7 Å². The van der Waals surface area contributed by atoms with Crippen LogP contribution >= 0.6 is 0 Å². The van der Waals surface area contributed by atoms with E-state index in [1.165, 1.54) is 25.3 Å². The molecule has 240 valence electrons. The fraction of sp³-hybridized carbons (Fsp3) is 0.467. The average molecular weight is 638 g/mol. The number of methoxy groups -OCH3 is 1. The number of nitrogens with zero attached hydrogens (tertiary/aromatic N) is 2. The summed E-state index contributed by atoms with van der Waals surface area (Å²) < 4.78 is 70.5. The SMILES string of the molecule is COc1cc(S(N)(=O)=O)ccc1NCC#Cc1cc2c(N[C@H]3CC[C@@H](N(CCO)CCO)CC3)cccc2n1CC(F)(F)F. The van der Waals surface area contributed by atoms with Crippen LogP contribution in [0.25, 0.3) is 10.9 Å². The highest BCUT2D eigenvalue weighted by Crippen LogP contribution is 2.33. The van der Waals surface area contributed by atoms with Gasteiger partial charge in [-0.1, -0.05) is 12.0 Å². The predicted molar refractivity (Wildman–Crippen MR) is 163 cm³/mol. The standard InChI is InChI=1S/C30H38F3N5O5S/c1-43-29-19-24(44(34,41)42)11-12-27(29)35-13-3-4-23-18-25-26(5-2-6-28(25)38(23)20-30(31,32)33)36-21-7-9-22(10-8-21)37(14-16-39)15-17-40/h2,5-6,11-12,18-19,21-22,35-36,39-40H,7-10,13-17,20H2,1H3,(H2,34,41,42)/t21-,22+. The van der Waals surface area contributed by atoms with Gasteiger partial charge in [-0.3, -0.25) is 4.90 Å². The van der Waals surface area contributed by atoms with Gasteiger partial charge in [-0.25, -0.2) is 13.6 Å². The zero-order valence-electron chi connectivity index (χ0n) is 24.4. The number of hydrogen-bond acceptors (Lipinski definition) is 8. The van der Waals surface area contributed by atoms with Gasteiger partial charge in [0.2, 0.25) is 10.0 Å². The zero-order valence-corrected chi connectivity index (χ0v) is 25.2. The number of benzene rings is 2. The molecule has 10 nitrogen and oxygen atoms in total. The average Bonchev–Trinajstić information content (AvgIpc) is 3.31. The number of primary sulfonamides is 1. The van der Waals surface area contributed by atoms with E-state index >= 15 is 0 Å². The molecule has 1 aromatic heterocycles. The first kappa shape index (κ1) is 33.4. The first-order valence-corrected chi connectivity index (χ1v) is 15.8. The fourth-order valence-corrected chi connectivity index (χ4v) is 6.20. The number of nitrogens with two attached hydrogens (primary N) is 1. The van der Waals surface area contributed by atoms with Crippen molar-refractivity contribution in [3.05, 3.63) is 48.2 Å². The number of hydrogen-bond donors (Lipinski definition) is 5. The lowest BCUT2D eigenvalue weighted by Gasteiger charge is -2.37. The van der Waals surface area contributed by atoms with Crippen molar-refractivity contribution in [3.63, 3.8) is 0 Å². The summed E-state index contributed by atoms with van der Waals surface area (Å²) in [5.41, 5.74) is 1.80. The molecular formula is C30H38F3N5O5S. The Morgan fingerprint density at radius 3 is 2.39 bits per heavy atom. The van der Waals surface area contributed by atoms with Crippen molar-refractivity contribution >= 4 is 32.3 Å². The van der Waals surface area contributed by atoms with Crippen LogP contribution in [0.4, 0.5) is 24.5 Å². The number of aromatic nitrogens is 1. The van der Waals surface area contributed by atoms with Gasteiger partial charge < -0.3 is 30.2 Å². The lowest BCUT2D eigenvalue weighted by molar-refractivity contribution is -0.140. The molecule has 2 aromatic carbocycles. The molecule has 0 saturated heterocycles.